The first-order chi connectivity index (χ1) is 31.8. The number of hydrogen-bond donors (Lipinski definition) is 6. The van der Waals surface area contributed by atoms with Crippen molar-refractivity contribution in [2.45, 2.75) is 301 Å². The number of nitrogens with one attached hydrogen (secondary N) is 1. The molecule has 1 aliphatic heterocycles. The Morgan fingerprint density at radius 2 is 0.877 bits per heavy atom. The molecule has 1 saturated heterocycles. The molecule has 6 N–H and O–H groups in total. The number of aliphatic hydroxyl groups is 5. The van der Waals surface area contributed by atoms with Crippen molar-refractivity contribution in [1.29, 1.82) is 0 Å². The highest BCUT2D eigenvalue weighted by Gasteiger charge is 2.44. The fourth-order valence-electron chi connectivity index (χ4n) is 8.76. The molecule has 1 rings (SSSR count). The van der Waals surface area contributed by atoms with Crippen LogP contribution >= 0.6 is 0 Å². The molecule has 7 atom stereocenters. The number of amides is 1. The SMILES string of the molecule is CCCC/C=C/CC/C=C/CC/C=C/C(O)C(COC1OC(CO)C(O)C(O)C1O)NC(=O)CCCCCCCCCCCCCCCCCCCCCCCCCCCCCCCC. The first-order valence-corrected chi connectivity index (χ1v) is 27.7. The smallest absolute Gasteiger partial charge is 0.220 e. The van der Waals surface area contributed by atoms with Gasteiger partial charge in [0.05, 0.1) is 25.4 Å². The molecule has 1 fully saturated rings. The molecule has 1 heterocycles. The third-order valence-electron chi connectivity index (χ3n) is 13.2. The van der Waals surface area contributed by atoms with E-state index in [-0.39, 0.29) is 12.5 Å². The second kappa shape index (κ2) is 46.2. The number of allylic oxidation sites excluding steroid dienone is 5. The van der Waals surface area contributed by atoms with E-state index in [9.17, 15) is 30.3 Å². The van der Waals surface area contributed by atoms with E-state index in [1.165, 1.54) is 186 Å². The van der Waals surface area contributed by atoms with E-state index in [2.05, 4.69) is 43.5 Å². The van der Waals surface area contributed by atoms with Crippen molar-refractivity contribution in [3.8, 4) is 0 Å². The second-order valence-electron chi connectivity index (χ2n) is 19.4. The molecule has 0 aliphatic carbocycles. The van der Waals surface area contributed by atoms with Gasteiger partial charge < -0.3 is 40.3 Å². The lowest BCUT2D eigenvalue weighted by molar-refractivity contribution is -0.302. The highest BCUT2D eigenvalue weighted by Crippen LogP contribution is 2.23. The normalized spacial score (nSPS) is 20.1. The van der Waals surface area contributed by atoms with E-state index in [4.69, 9.17) is 9.47 Å². The molecule has 7 unspecified atom stereocenters. The summed E-state index contributed by atoms with van der Waals surface area (Å²) in [5, 5.41) is 54.2. The summed E-state index contributed by atoms with van der Waals surface area (Å²) >= 11 is 0. The van der Waals surface area contributed by atoms with Crippen molar-refractivity contribution >= 4 is 5.91 Å². The van der Waals surface area contributed by atoms with Crippen LogP contribution in [0.2, 0.25) is 0 Å². The standard InChI is InChI=1S/C56H105NO8/c1-3-5-7-9-11-13-15-17-18-19-20-21-22-23-24-25-26-27-28-29-30-31-32-33-34-36-38-40-42-44-46-52(60)57-49(48-64-56-55(63)54(62)53(61)51(47-58)65-56)50(59)45-43-41-39-37-35-16-14-12-10-8-6-4-2/h10,12,35,37,43,45,49-51,53-56,58-59,61-63H,3-9,11,13-34,36,38-42,44,46-48H2,1-2H3,(H,57,60)/b12-10+,37-35+,45-43+. The van der Waals surface area contributed by atoms with E-state index in [1.807, 2.05) is 6.08 Å². The van der Waals surface area contributed by atoms with Crippen LogP contribution in [0.15, 0.2) is 36.5 Å². The fourth-order valence-corrected chi connectivity index (χ4v) is 8.76. The third-order valence-corrected chi connectivity index (χ3v) is 13.2. The number of carbonyl (C=O) groups excluding carboxylic acids is 1. The van der Waals surface area contributed by atoms with Crippen LogP contribution in [0.1, 0.15) is 258 Å². The van der Waals surface area contributed by atoms with E-state index in [0.29, 0.717) is 6.42 Å². The molecule has 65 heavy (non-hydrogen) atoms. The highest BCUT2D eigenvalue weighted by atomic mass is 16.7. The number of ether oxygens (including phenoxy) is 2. The van der Waals surface area contributed by atoms with Gasteiger partial charge in [0.25, 0.3) is 0 Å². The molecular formula is C56H105NO8. The molecule has 0 saturated carbocycles. The minimum atomic E-state index is -1.57. The average molecular weight is 920 g/mol. The zero-order valence-electron chi connectivity index (χ0n) is 42.3. The minimum Gasteiger partial charge on any atom is -0.394 e. The van der Waals surface area contributed by atoms with Crippen LogP contribution < -0.4 is 5.32 Å². The van der Waals surface area contributed by atoms with Crippen LogP contribution in [0.4, 0.5) is 0 Å². The van der Waals surface area contributed by atoms with Gasteiger partial charge in [-0.05, 0) is 38.5 Å². The van der Waals surface area contributed by atoms with Crippen LogP contribution in [-0.2, 0) is 14.3 Å². The van der Waals surface area contributed by atoms with Crippen molar-refractivity contribution in [3.63, 3.8) is 0 Å². The van der Waals surface area contributed by atoms with E-state index >= 15 is 0 Å². The Labute approximate surface area is 400 Å². The van der Waals surface area contributed by atoms with Crippen molar-refractivity contribution in [2.75, 3.05) is 13.2 Å². The summed E-state index contributed by atoms with van der Waals surface area (Å²) < 4.78 is 11.2. The largest absolute Gasteiger partial charge is 0.394 e. The molecule has 9 nitrogen and oxygen atoms in total. The number of carbonyl (C=O) groups is 1. The predicted molar refractivity (Wildman–Crippen MR) is 272 cm³/mol. The second-order valence-corrected chi connectivity index (χ2v) is 19.4. The summed E-state index contributed by atoms with van der Waals surface area (Å²) in [7, 11) is 0. The van der Waals surface area contributed by atoms with Crippen LogP contribution in [0.25, 0.3) is 0 Å². The monoisotopic (exact) mass is 920 g/mol. The van der Waals surface area contributed by atoms with Gasteiger partial charge in [-0.15, -0.1) is 0 Å². The predicted octanol–water partition coefficient (Wildman–Crippen LogP) is 13.2. The lowest BCUT2D eigenvalue weighted by atomic mass is 9.99. The Morgan fingerprint density at radius 3 is 1.28 bits per heavy atom. The summed E-state index contributed by atoms with van der Waals surface area (Å²) in [6.45, 7) is 3.72. The van der Waals surface area contributed by atoms with Gasteiger partial charge in [-0.1, -0.05) is 249 Å². The van der Waals surface area contributed by atoms with Gasteiger partial charge in [0.1, 0.15) is 24.4 Å². The van der Waals surface area contributed by atoms with Crippen molar-refractivity contribution in [2.24, 2.45) is 0 Å². The Hall–Kier alpha value is -1.59. The van der Waals surface area contributed by atoms with Gasteiger partial charge in [0.2, 0.25) is 5.91 Å². The molecule has 0 aromatic rings. The summed E-state index contributed by atoms with van der Waals surface area (Å²) in [4.78, 5) is 13.0. The zero-order chi connectivity index (χ0) is 47.3. The van der Waals surface area contributed by atoms with Gasteiger partial charge >= 0.3 is 0 Å². The maximum Gasteiger partial charge on any atom is 0.220 e. The van der Waals surface area contributed by atoms with Gasteiger partial charge in [-0.25, -0.2) is 0 Å². The van der Waals surface area contributed by atoms with Gasteiger partial charge in [0, 0.05) is 6.42 Å². The van der Waals surface area contributed by atoms with E-state index in [1.54, 1.807) is 6.08 Å². The Bertz CT molecular complexity index is 1110. The third kappa shape index (κ3) is 36.1. The molecule has 1 aliphatic rings. The van der Waals surface area contributed by atoms with Crippen LogP contribution in [0.5, 0.6) is 0 Å². The first kappa shape index (κ1) is 61.4. The maximum atomic E-state index is 13.0. The molecule has 0 bridgehead atoms. The fraction of sp³-hybridized carbons (Fsp3) is 0.875. The topological polar surface area (TPSA) is 149 Å². The zero-order valence-corrected chi connectivity index (χ0v) is 42.3. The van der Waals surface area contributed by atoms with E-state index < -0.39 is 49.5 Å². The van der Waals surface area contributed by atoms with Crippen molar-refractivity contribution in [1.82, 2.24) is 5.32 Å². The molecule has 0 aromatic heterocycles. The van der Waals surface area contributed by atoms with E-state index in [0.717, 1.165) is 51.4 Å². The molecule has 0 spiro atoms. The lowest BCUT2D eigenvalue weighted by Crippen LogP contribution is -2.60. The van der Waals surface area contributed by atoms with Crippen LogP contribution in [0.3, 0.4) is 0 Å². The summed E-state index contributed by atoms with van der Waals surface area (Å²) in [5.41, 5.74) is 0. The lowest BCUT2D eigenvalue weighted by Gasteiger charge is -2.40. The molecule has 382 valence electrons. The van der Waals surface area contributed by atoms with Crippen LogP contribution in [0, 0.1) is 0 Å². The Kier molecular flexibility index (Phi) is 43.6. The van der Waals surface area contributed by atoms with Crippen molar-refractivity contribution < 1.29 is 39.8 Å². The molecular weight excluding hydrogens is 815 g/mol. The molecule has 0 radical (unpaired) electrons. The minimum absolute atomic E-state index is 0.188. The summed E-state index contributed by atoms with van der Waals surface area (Å²) in [6, 6.07) is -0.824. The summed E-state index contributed by atoms with van der Waals surface area (Å²) in [5.74, 6) is -0.188. The Morgan fingerprint density at radius 1 is 0.508 bits per heavy atom. The van der Waals surface area contributed by atoms with Gasteiger partial charge in [-0.2, -0.15) is 0 Å². The molecule has 9 heteroatoms. The van der Waals surface area contributed by atoms with Crippen LogP contribution in [-0.4, -0.2) is 87.5 Å². The number of aliphatic hydroxyl groups excluding tert-OH is 5. The summed E-state index contributed by atoms with van der Waals surface area (Å²) in [6.07, 6.45) is 52.3. The van der Waals surface area contributed by atoms with Crippen molar-refractivity contribution in [3.05, 3.63) is 36.5 Å². The number of hydrogen-bond acceptors (Lipinski definition) is 8. The average Bonchev–Trinajstić information content (AvgIpc) is 3.31. The first-order valence-electron chi connectivity index (χ1n) is 27.7. The van der Waals surface area contributed by atoms with Gasteiger partial charge in [0.15, 0.2) is 6.29 Å². The highest BCUT2D eigenvalue weighted by molar-refractivity contribution is 5.76. The number of unbranched alkanes of at least 4 members (excludes halogenated alkanes) is 33. The quantitative estimate of drug-likeness (QED) is 0.0261. The maximum absolute atomic E-state index is 13.0. The molecule has 1 amide bonds. The number of rotatable bonds is 47. The van der Waals surface area contributed by atoms with Gasteiger partial charge in [-0.3, -0.25) is 4.79 Å². The Balaban J connectivity index is 2.13. The molecule has 0 aromatic carbocycles.